The quantitative estimate of drug-likeness (QED) is 0.274. The van der Waals surface area contributed by atoms with E-state index in [4.69, 9.17) is 21.1 Å². The van der Waals surface area contributed by atoms with E-state index in [1.54, 1.807) is 0 Å². The Morgan fingerprint density at radius 1 is 0.818 bits per heavy atom. The third kappa shape index (κ3) is 8.35. The Labute approximate surface area is 124 Å². The first-order valence-corrected chi connectivity index (χ1v) is 6.16. The number of hydrogen-bond donors (Lipinski definition) is 6. The van der Waals surface area contributed by atoms with Crippen molar-refractivity contribution in [2.45, 2.75) is 37.8 Å². The number of carboxylic acids is 3. The van der Waals surface area contributed by atoms with E-state index in [1.807, 2.05) is 10.6 Å². The van der Waals surface area contributed by atoms with Gasteiger partial charge < -0.3 is 31.7 Å². The van der Waals surface area contributed by atoms with Crippen LogP contribution in [0.4, 0.5) is 4.79 Å². The van der Waals surface area contributed by atoms with Crippen LogP contribution in [0, 0.1) is 0 Å². The molecule has 0 radical (unpaired) electrons. The highest BCUT2D eigenvalue weighted by molar-refractivity contribution is 5.86. The molecular weight excluding hydrogens is 302 g/mol. The maximum Gasteiger partial charge on any atom is 0.326 e. The minimum Gasteiger partial charge on any atom is -0.481 e. The average molecular weight is 319 g/mol. The van der Waals surface area contributed by atoms with Crippen molar-refractivity contribution in [2.24, 2.45) is 5.73 Å². The van der Waals surface area contributed by atoms with Gasteiger partial charge in [0, 0.05) is 12.8 Å². The maximum atomic E-state index is 11.5. The fourth-order valence-corrected chi connectivity index (χ4v) is 1.43. The summed E-state index contributed by atoms with van der Waals surface area (Å²) in [6, 6.07) is -4.02. The van der Waals surface area contributed by atoms with Gasteiger partial charge in [-0.3, -0.25) is 9.59 Å². The minimum atomic E-state index is -1.48. The van der Waals surface area contributed by atoms with E-state index in [-0.39, 0.29) is 19.3 Å². The number of primary amides is 1. The molecule has 11 nitrogen and oxygen atoms in total. The summed E-state index contributed by atoms with van der Waals surface area (Å²) in [5.74, 6) is -4.87. The maximum absolute atomic E-state index is 11.5. The molecular formula is C11H17N3O8. The fourth-order valence-electron chi connectivity index (χ4n) is 1.43. The van der Waals surface area contributed by atoms with Gasteiger partial charge in [0.1, 0.15) is 12.1 Å². The molecule has 1 unspecified atom stereocenters. The highest BCUT2D eigenvalue weighted by atomic mass is 16.4. The Morgan fingerprint density at radius 3 is 1.55 bits per heavy atom. The van der Waals surface area contributed by atoms with E-state index in [0.717, 1.165) is 0 Å². The summed E-state index contributed by atoms with van der Waals surface area (Å²) in [4.78, 5) is 54.3. The van der Waals surface area contributed by atoms with Crippen LogP contribution >= 0.6 is 0 Å². The summed E-state index contributed by atoms with van der Waals surface area (Å²) in [5.41, 5.74) is 4.87. The van der Waals surface area contributed by atoms with Crippen LogP contribution in [0.3, 0.4) is 0 Å². The first-order valence-electron chi connectivity index (χ1n) is 6.16. The van der Waals surface area contributed by atoms with Crippen LogP contribution in [0.25, 0.3) is 0 Å². The Morgan fingerprint density at radius 2 is 1.23 bits per heavy atom. The van der Waals surface area contributed by atoms with Crippen LogP contribution < -0.4 is 16.4 Å². The van der Waals surface area contributed by atoms with Crippen molar-refractivity contribution in [3.8, 4) is 0 Å². The lowest BCUT2D eigenvalue weighted by Gasteiger charge is -2.17. The fraction of sp³-hybridized carbons (Fsp3) is 0.545. The predicted molar refractivity (Wildman–Crippen MR) is 69.8 cm³/mol. The zero-order valence-electron chi connectivity index (χ0n) is 11.4. The highest BCUT2D eigenvalue weighted by Gasteiger charge is 2.25. The summed E-state index contributed by atoms with van der Waals surface area (Å²) < 4.78 is 0. The van der Waals surface area contributed by atoms with Crippen LogP contribution in [0.2, 0.25) is 0 Å². The summed E-state index contributed by atoms with van der Waals surface area (Å²) >= 11 is 0. The standard InChI is InChI=1S/C11H17N3O8/c12-7(15)3-1-5(9(18)19)13-11(22)14-6(10(20)21)2-4-8(16)17/h5-6H,1-4H2,(H2,12,15)(H,16,17)(H,18,19)(H,20,21)(H2,13,14,22)/t5-,6?/m0/s1. The Hall–Kier alpha value is -2.85. The SMILES string of the molecule is NC(=O)CC[C@H](NC(=O)NC(CCC(=O)O)C(=O)O)C(=O)O. The largest absolute Gasteiger partial charge is 0.481 e. The van der Waals surface area contributed by atoms with Crippen molar-refractivity contribution in [3.05, 3.63) is 0 Å². The zero-order chi connectivity index (χ0) is 17.3. The lowest BCUT2D eigenvalue weighted by atomic mass is 10.1. The Bertz CT molecular complexity index is 424. The molecule has 0 aromatic heterocycles. The number of carboxylic acid groups (broad SMARTS) is 3. The highest BCUT2D eigenvalue weighted by Crippen LogP contribution is 2.00. The van der Waals surface area contributed by atoms with Crippen LogP contribution in [0.15, 0.2) is 0 Å². The summed E-state index contributed by atoms with van der Waals surface area (Å²) in [6.45, 7) is 0. The molecule has 0 saturated heterocycles. The molecule has 0 aromatic rings. The summed E-state index contributed by atoms with van der Waals surface area (Å²) in [7, 11) is 0. The monoisotopic (exact) mass is 319 g/mol. The number of rotatable bonds is 10. The van der Waals surface area contributed by atoms with Crippen molar-refractivity contribution in [3.63, 3.8) is 0 Å². The van der Waals surface area contributed by atoms with Gasteiger partial charge in [0.25, 0.3) is 0 Å². The molecule has 0 rings (SSSR count). The smallest absolute Gasteiger partial charge is 0.326 e. The molecule has 7 N–H and O–H groups in total. The molecule has 0 heterocycles. The molecule has 22 heavy (non-hydrogen) atoms. The number of carbonyl (C=O) groups is 5. The Balaban J connectivity index is 4.57. The number of nitrogens with two attached hydrogens (primary N) is 1. The van der Waals surface area contributed by atoms with Gasteiger partial charge in [-0.2, -0.15) is 0 Å². The minimum absolute atomic E-state index is 0.259. The van der Waals surface area contributed by atoms with Crippen molar-refractivity contribution in [1.82, 2.24) is 10.6 Å². The number of nitrogens with one attached hydrogen (secondary N) is 2. The molecule has 0 bridgehead atoms. The Kier molecular flexibility index (Phi) is 7.97. The second-order valence-electron chi connectivity index (χ2n) is 4.34. The molecule has 11 heteroatoms. The molecule has 124 valence electrons. The lowest BCUT2D eigenvalue weighted by Crippen LogP contribution is -2.51. The van der Waals surface area contributed by atoms with Gasteiger partial charge >= 0.3 is 23.9 Å². The van der Waals surface area contributed by atoms with E-state index in [2.05, 4.69) is 0 Å². The predicted octanol–water partition coefficient (Wildman–Crippen LogP) is -1.68. The molecule has 0 aliphatic rings. The van der Waals surface area contributed by atoms with Gasteiger partial charge in [-0.25, -0.2) is 14.4 Å². The van der Waals surface area contributed by atoms with E-state index in [0.29, 0.717) is 0 Å². The molecule has 0 aliphatic carbocycles. The molecule has 2 atom stereocenters. The van der Waals surface area contributed by atoms with Gasteiger partial charge in [-0.1, -0.05) is 0 Å². The van der Waals surface area contributed by atoms with Crippen LogP contribution in [-0.2, 0) is 19.2 Å². The van der Waals surface area contributed by atoms with E-state index >= 15 is 0 Å². The topological polar surface area (TPSA) is 196 Å². The first kappa shape index (κ1) is 19.1. The molecule has 0 spiro atoms. The second-order valence-corrected chi connectivity index (χ2v) is 4.34. The van der Waals surface area contributed by atoms with Crippen molar-refractivity contribution >= 4 is 29.8 Å². The number of amides is 3. The normalized spacial score (nSPS) is 12.7. The summed E-state index contributed by atoms with van der Waals surface area (Å²) in [5, 5.41) is 30.1. The molecule has 0 aliphatic heterocycles. The van der Waals surface area contributed by atoms with E-state index in [1.165, 1.54) is 0 Å². The lowest BCUT2D eigenvalue weighted by molar-refractivity contribution is -0.141. The third-order valence-corrected chi connectivity index (χ3v) is 2.53. The van der Waals surface area contributed by atoms with Gasteiger partial charge in [0.15, 0.2) is 0 Å². The summed E-state index contributed by atoms with van der Waals surface area (Å²) in [6.07, 6.45) is -1.39. The van der Waals surface area contributed by atoms with Crippen molar-refractivity contribution in [1.29, 1.82) is 0 Å². The zero-order valence-corrected chi connectivity index (χ0v) is 11.4. The number of carbonyl (C=O) groups excluding carboxylic acids is 2. The third-order valence-electron chi connectivity index (χ3n) is 2.53. The van der Waals surface area contributed by atoms with E-state index in [9.17, 15) is 24.0 Å². The van der Waals surface area contributed by atoms with Crippen molar-refractivity contribution in [2.75, 3.05) is 0 Å². The van der Waals surface area contributed by atoms with E-state index < -0.39 is 48.4 Å². The van der Waals surface area contributed by atoms with Gasteiger partial charge in [0.2, 0.25) is 5.91 Å². The van der Waals surface area contributed by atoms with Crippen molar-refractivity contribution < 1.29 is 39.3 Å². The van der Waals surface area contributed by atoms with Gasteiger partial charge in [0.05, 0.1) is 0 Å². The number of hydrogen-bond acceptors (Lipinski definition) is 5. The average Bonchev–Trinajstić information content (AvgIpc) is 2.38. The van der Waals surface area contributed by atoms with Crippen LogP contribution in [0.5, 0.6) is 0 Å². The molecule has 0 saturated carbocycles. The van der Waals surface area contributed by atoms with Crippen LogP contribution in [0.1, 0.15) is 25.7 Å². The van der Waals surface area contributed by atoms with Crippen LogP contribution in [-0.4, -0.2) is 57.2 Å². The first-order chi connectivity index (χ1) is 10.1. The second kappa shape index (κ2) is 9.15. The molecule has 0 aromatic carbocycles. The number of aliphatic carboxylic acids is 3. The molecule has 0 fully saturated rings. The number of urea groups is 1. The molecule has 3 amide bonds. The van der Waals surface area contributed by atoms with Gasteiger partial charge in [-0.05, 0) is 12.8 Å². The van der Waals surface area contributed by atoms with Gasteiger partial charge in [-0.15, -0.1) is 0 Å².